The lowest BCUT2D eigenvalue weighted by Gasteiger charge is -2.45. The van der Waals surface area contributed by atoms with Crippen LogP contribution in [-0.4, -0.2) is 24.2 Å². The first-order chi connectivity index (χ1) is 14.2. The van der Waals surface area contributed by atoms with E-state index in [4.69, 9.17) is 4.74 Å². The lowest BCUT2D eigenvalue weighted by atomic mass is 9.80. The third-order valence-electron chi connectivity index (χ3n) is 5.26. The molecule has 5 nitrogen and oxygen atoms in total. The molecule has 0 aliphatic carbocycles. The molecule has 2 aromatic rings. The Labute approximate surface area is 172 Å². The van der Waals surface area contributed by atoms with Crippen LogP contribution in [0.1, 0.15) is 37.4 Å². The van der Waals surface area contributed by atoms with Gasteiger partial charge < -0.3 is 15.0 Å². The maximum Gasteiger partial charge on any atom is 0.407 e. The molecule has 1 aliphatic rings. The molecular weight excluding hydrogens is 397 g/mol. The number of alkyl carbamates (subject to hydrolysis) is 1. The third kappa shape index (κ3) is 4.93. The van der Waals surface area contributed by atoms with Gasteiger partial charge in [-0.25, -0.2) is 4.79 Å². The lowest BCUT2D eigenvalue weighted by Crippen LogP contribution is -2.53. The van der Waals surface area contributed by atoms with Gasteiger partial charge in [0.1, 0.15) is 6.61 Å². The number of amides is 2. The predicted octanol–water partition coefficient (Wildman–Crippen LogP) is 4.98. The average Bonchev–Trinajstić information content (AvgIpc) is 2.69. The molecule has 160 valence electrons. The molecule has 0 aromatic heterocycles. The van der Waals surface area contributed by atoms with Crippen molar-refractivity contribution < 1.29 is 27.5 Å². The molecule has 8 heteroatoms. The first-order valence-corrected chi connectivity index (χ1v) is 9.60. The van der Waals surface area contributed by atoms with E-state index in [1.54, 1.807) is 43.3 Å². The van der Waals surface area contributed by atoms with Crippen molar-refractivity contribution in [3.8, 4) is 0 Å². The van der Waals surface area contributed by atoms with E-state index >= 15 is 0 Å². The van der Waals surface area contributed by atoms with Gasteiger partial charge >= 0.3 is 12.3 Å². The Kier molecular flexibility index (Phi) is 6.34. The molecule has 0 radical (unpaired) electrons. The Bertz CT molecular complexity index is 902. The number of rotatable bonds is 4. The normalized spacial score (nSPS) is 21.0. The molecule has 0 bridgehead atoms. The van der Waals surface area contributed by atoms with Crippen LogP contribution in [0, 0.1) is 5.92 Å². The summed E-state index contributed by atoms with van der Waals surface area (Å²) in [7, 11) is 0. The number of benzene rings is 2. The quantitative estimate of drug-likeness (QED) is 0.759. The Hall–Kier alpha value is -3.03. The highest BCUT2D eigenvalue weighted by molar-refractivity contribution is 5.94. The summed E-state index contributed by atoms with van der Waals surface area (Å²) < 4.78 is 45.1. The summed E-state index contributed by atoms with van der Waals surface area (Å²) in [5.74, 6) is -1.16. The zero-order valence-corrected chi connectivity index (χ0v) is 16.6. The van der Waals surface area contributed by atoms with Crippen LogP contribution in [-0.2, 0) is 16.1 Å². The van der Waals surface area contributed by atoms with Crippen LogP contribution >= 0.6 is 0 Å². The first-order valence-electron chi connectivity index (χ1n) is 9.60. The molecule has 2 aromatic carbocycles. The second-order valence-electron chi connectivity index (χ2n) is 7.38. The molecule has 1 N–H and O–H groups in total. The van der Waals surface area contributed by atoms with Gasteiger partial charge in [0.15, 0.2) is 0 Å². The number of halogens is 3. The van der Waals surface area contributed by atoms with Crippen LogP contribution in [0.2, 0.25) is 0 Å². The summed E-state index contributed by atoms with van der Waals surface area (Å²) >= 11 is 0. The highest BCUT2D eigenvalue weighted by Crippen LogP contribution is 2.44. The first kappa shape index (κ1) is 21.7. The second kappa shape index (κ2) is 8.77. The SMILES string of the molecule is CC(=O)N1c2ccccc2C(NC(=O)OCc2ccccc2)[C@@H](C)C1CC(F)(F)F. The van der Waals surface area contributed by atoms with Crippen molar-refractivity contribution in [2.45, 2.75) is 45.1 Å². The molecule has 0 fully saturated rings. The van der Waals surface area contributed by atoms with Crippen molar-refractivity contribution in [2.24, 2.45) is 5.92 Å². The molecule has 30 heavy (non-hydrogen) atoms. The standard InChI is InChI=1S/C22H23F3N2O3/c1-14-19(12-22(23,24)25)27(15(2)28)18-11-7-6-10-17(18)20(14)26-21(29)30-13-16-8-4-3-5-9-16/h3-11,14,19-20H,12-13H2,1-2H3,(H,26,29)/t14-,19?,20?/m0/s1. The maximum atomic E-state index is 13.3. The van der Waals surface area contributed by atoms with Gasteiger partial charge in [0.25, 0.3) is 0 Å². The summed E-state index contributed by atoms with van der Waals surface area (Å²) in [4.78, 5) is 25.8. The van der Waals surface area contributed by atoms with Crippen LogP contribution in [0.3, 0.4) is 0 Å². The minimum Gasteiger partial charge on any atom is -0.445 e. The van der Waals surface area contributed by atoms with Crippen LogP contribution in [0.5, 0.6) is 0 Å². The summed E-state index contributed by atoms with van der Waals surface area (Å²) in [6.45, 7) is 2.89. The number of nitrogens with one attached hydrogen (secondary N) is 1. The Balaban J connectivity index is 1.86. The van der Waals surface area contributed by atoms with E-state index in [0.717, 1.165) is 5.56 Å². The van der Waals surface area contributed by atoms with E-state index < -0.39 is 42.6 Å². The number of carbonyl (C=O) groups excluding carboxylic acids is 2. The van der Waals surface area contributed by atoms with E-state index in [0.29, 0.717) is 11.3 Å². The molecule has 2 amide bonds. The van der Waals surface area contributed by atoms with Crippen LogP contribution in [0.4, 0.5) is 23.7 Å². The van der Waals surface area contributed by atoms with Gasteiger partial charge in [0, 0.05) is 18.5 Å². The van der Waals surface area contributed by atoms with Crippen LogP contribution in [0.25, 0.3) is 0 Å². The number of fused-ring (bicyclic) bond motifs is 1. The van der Waals surface area contributed by atoms with E-state index in [-0.39, 0.29) is 6.61 Å². The number of carbonyl (C=O) groups is 2. The molecule has 0 saturated heterocycles. The Morgan fingerprint density at radius 3 is 2.33 bits per heavy atom. The zero-order chi connectivity index (χ0) is 21.9. The van der Waals surface area contributed by atoms with Crippen molar-refractivity contribution in [3.63, 3.8) is 0 Å². The summed E-state index contributed by atoms with van der Waals surface area (Å²) in [6.07, 6.45) is -6.36. The number of hydrogen-bond donors (Lipinski definition) is 1. The van der Waals surface area contributed by atoms with Crippen molar-refractivity contribution in [1.82, 2.24) is 5.32 Å². The lowest BCUT2D eigenvalue weighted by molar-refractivity contribution is -0.143. The molecule has 3 atom stereocenters. The van der Waals surface area contributed by atoms with Crippen LogP contribution in [0.15, 0.2) is 54.6 Å². The van der Waals surface area contributed by atoms with E-state index in [2.05, 4.69) is 5.32 Å². The minimum atomic E-state index is -4.46. The number of alkyl halides is 3. The van der Waals surface area contributed by atoms with Gasteiger partial charge in [-0.05, 0) is 17.2 Å². The number of ether oxygens (including phenoxy) is 1. The molecule has 1 aliphatic heterocycles. The van der Waals surface area contributed by atoms with Crippen molar-refractivity contribution in [3.05, 3.63) is 65.7 Å². The zero-order valence-electron chi connectivity index (χ0n) is 16.6. The van der Waals surface area contributed by atoms with Gasteiger partial charge in [-0.3, -0.25) is 4.79 Å². The fourth-order valence-corrected chi connectivity index (χ4v) is 3.91. The highest BCUT2D eigenvalue weighted by Gasteiger charge is 2.46. The second-order valence-corrected chi connectivity index (χ2v) is 7.38. The highest BCUT2D eigenvalue weighted by atomic mass is 19.4. The fourth-order valence-electron chi connectivity index (χ4n) is 3.91. The average molecular weight is 420 g/mol. The van der Waals surface area contributed by atoms with Gasteiger partial charge in [0.05, 0.1) is 18.5 Å². The molecular formula is C22H23F3N2O3. The van der Waals surface area contributed by atoms with E-state index in [9.17, 15) is 22.8 Å². The Morgan fingerprint density at radius 1 is 1.07 bits per heavy atom. The molecule has 2 unspecified atom stereocenters. The van der Waals surface area contributed by atoms with E-state index in [1.165, 1.54) is 11.8 Å². The van der Waals surface area contributed by atoms with Crippen LogP contribution < -0.4 is 10.2 Å². The van der Waals surface area contributed by atoms with Crippen molar-refractivity contribution >= 4 is 17.7 Å². The molecule has 0 saturated carbocycles. The number of para-hydroxylation sites is 1. The molecule has 3 rings (SSSR count). The van der Waals surface area contributed by atoms with Gasteiger partial charge in [-0.1, -0.05) is 55.5 Å². The van der Waals surface area contributed by atoms with E-state index in [1.807, 2.05) is 18.2 Å². The summed E-state index contributed by atoms with van der Waals surface area (Å²) in [5, 5.41) is 2.70. The number of hydrogen-bond acceptors (Lipinski definition) is 3. The van der Waals surface area contributed by atoms with Gasteiger partial charge in [-0.15, -0.1) is 0 Å². The smallest absolute Gasteiger partial charge is 0.407 e. The van der Waals surface area contributed by atoms with Crippen molar-refractivity contribution in [2.75, 3.05) is 4.90 Å². The topological polar surface area (TPSA) is 58.6 Å². The maximum absolute atomic E-state index is 13.3. The number of nitrogens with zero attached hydrogens (tertiary/aromatic N) is 1. The third-order valence-corrected chi connectivity index (χ3v) is 5.26. The molecule has 1 heterocycles. The summed E-state index contributed by atoms with van der Waals surface area (Å²) in [5.41, 5.74) is 1.74. The monoisotopic (exact) mass is 420 g/mol. The number of anilines is 1. The predicted molar refractivity (Wildman–Crippen MR) is 106 cm³/mol. The van der Waals surface area contributed by atoms with Gasteiger partial charge in [-0.2, -0.15) is 13.2 Å². The van der Waals surface area contributed by atoms with Gasteiger partial charge in [0.2, 0.25) is 5.91 Å². The summed E-state index contributed by atoms with van der Waals surface area (Å²) in [6, 6.07) is 13.9. The minimum absolute atomic E-state index is 0.0426. The van der Waals surface area contributed by atoms with Crippen molar-refractivity contribution in [1.29, 1.82) is 0 Å². The Morgan fingerprint density at radius 2 is 1.70 bits per heavy atom. The molecule has 0 spiro atoms. The largest absolute Gasteiger partial charge is 0.445 e. The fraction of sp³-hybridized carbons (Fsp3) is 0.364.